The Morgan fingerprint density at radius 3 is 0.930 bits per heavy atom. The molecule has 0 bridgehead atoms. The third-order valence-corrected chi connectivity index (χ3v) is 11.5. The molecule has 0 fully saturated rings. The van der Waals surface area contributed by atoms with Crippen molar-refractivity contribution < 1.29 is 47.1 Å². The van der Waals surface area contributed by atoms with E-state index in [4.69, 9.17) is 0 Å². The average Bonchev–Trinajstić information content (AvgIpc) is 3.21. The first-order valence-electron chi connectivity index (χ1n) is 23.2. The molecule has 2 aromatic carbocycles. The van der Waals surface area contributed by atoms with E-state index in [1.807, 2.05) is 12.2 Å². The number of hydrogen-bond acceptors (Lipinski definition) is 4. The monoisotopic (exact) mass is 885 g/mol. The quantitative estimate of drug-likeness (QED) is 0.0504. The van der Waals surface area contributed by atoms with Crippen LogP contribution in [-0.2, 0) is 36.9 Å². The number of carbonyl (C=O) groups is 2. The minimum Gasteiger partial charge on any atom is -0.550 e. The number of benzene rings is 2. The predicted octanol–water partition coefficient (Wildman–Crippen LogP) is 14.1. The van der Waals surface area contributed by atoms with Gasteiger partial charge in [0.25, 0.3) is 0 Å². The molecule has 0 aliphatic rings. The van der Waals surface area contributed by atoms with Gasteiger partial charge in [0.15, 0.2) is 0 Å². The molecule has 0 N–H and O–H groups in total. The Kier molecular flexibility index (Phi) is 37.7. The summed E-state index contributed by atoms with van der Waals surface area (Å²) in [4.78, 5) is 20.9. The first kappa shape index (κ1) is 54.8. The Morgan fingerprint density at radius 1 is 0.439 bits per heavy atom. The molecule has 0 heterocycles. The van der Waals surface area contributed by atoms with Gasteiger partial charge in [-0.3, -0.25) is 0 Å². The zero-order valence-electron chi connectivity index (χ0n) is 36.9. The Balaban J connectivity index is 0.00000108. The molecule has 2 aromatic rings. The average molecular weight is 884 g/mol. The molecule has 316 valence electrons. The van der Waals surface area contributed by atoms with Crippen LogP contribution in [0.1, 0.15) is 241 Å². The third-order valence-electron chi connectivity index (χ3n) is 11.5. The summed E-state index contributed by atoms with van der Waals surface area (Å²) in [6, 6.07) is 17.8. The number of carboxylic acid groups (broad SMARTS) is 2. The maximum atomic E-state index is 10.5. The second-order valence-electron chi connectivity index (χ2n) is 16.3. The molecule has 2 atom stereocenters. The van der Waals surface area contributed by atoms with Crippen LogP contribution in [-0.4, -0.2) is 11.9 Å². The molecule has 0 radical (unpaired) electrons. The Labute approximate surface area is 371 Å². The minimum absolute atomic E-state index is 0. The van der Waals surface area contributed by atoms with E-state index in [0.29, 0.717) is 11.8 Å². The Morgan fingerprint density at radius 2 is 0.684 bits per heavy atom. The summed E-state index contributed by atoms with van der Waals surface area (Å²) in [6.45, 7) is 12.2. The van der Waals surface area contributed by atoms with Crippen LogP contribution < -0.4 is 10.2 Å². The van der Waals surface area contributed by atoms with E-state index < -0.39 is 11.9 Å². The molecule has 0 saturated carbocycles. The molecule has 4 nitrogen and oxygen atoms in total. The van der Waals surface area contributed by atoms with Crippen molar-refractivity contribution in [3.63, 3.8) is 0 Å². The fraction of sp³-hybridized carbons (Fsp3) is 0.654. The van der Waals surface area contributed by atoms with Crippen molar-refractivity contribution in [1.29, 1.82) is 0 Å². The Bertz CT molecular complexity index is 1140. The van der Waals surface area contributed by atoms with Crippen LogP contribution in [0.4, 0.5) is 0 Å². The standard InChI is InChI=1S/2C26H42O2.Cd/c2*1-3-5-6-7-8-10-13-16-24(25-21-19-23(4-2)20-22-25)17-14-11-9-12-15-18-26(27)28;/h2*4,19-22,24H,2-3,5-18H2,1H3,(H,27,28);/q;;+2/p-2. The molecule has 0 amide bonds. The maximum Gasteiger partial charge on any atom is 2.00 e. The van der Waals surface area contributed by atoms with Crippen molar-refractivity contribution >= 4 is 24.1 Å². The number of aliphatic carboxylic acids is 2. The molecule has 5 heteroatoms. The molecule has 57 heavy (non-hydrogen) atoms. The van der Waals surface area contributed by atoms with Gasteiger partial charge < -0.3 is 19.8 Å². The fourth-order valence-corrected chi connectivity index (χ4v) is 7.84. The van der Waals surface area contributed by atoms with E-state index >= 15 is 0 Å². The number of rotatable bonds is 36. The van der Waals surface area contributed by atoms with Gasteiger partial charge in [-0.1, -0.05) is 229 Å². The number of unbranched alkanes of at least 4 members (excludes halogenated alkanes) is 20. The van der Waals surface area contributed by atoms with Crippen molar-refractivity contribution in [2.24, 2.45) is 0 Å². The van der Waals surface area contributed by atoms with Crippen LogP contribution in [0.25, 0.3) is 12.2 Å². The number of hydrogen-bond donors (Lipinski definition) is 0. The van der Waals surface area contributed by atoms with Crippen molar-refractivity contribution in [3.05, 3.63) is 83.9 Å². The predicted molar refractivity (Wildman–Crippen MR) is 238 cm³/mol. The van der Waals surface area contributed by atoms with E-state index in [1.54, 1.807) is 0 Å². The van der Waals surface area contributed by atoms with E-state index in [1.165, 1.54) is 164 Å². The summed E-state index contributed by atoms with van der Waals surface area (Å²) < 4.78 is 0. The minimum atomic E-state index is -0.919. The van der Waals surface area contributed by atoms with Gasteiger partial charge in [0.05, 0.1) is 0 Å². The van der Waals surface area contributed by atoms with Crippen molar-refractivity contribution in [2.75, 3.05) is 0 Å². The molecule has 0 spiro atoms. The van der Waals surface area contributed by atoms with Crippen LogP contribution in [0.3, 0.4) is 0 Å². The number of carboxylic acids is 2. The third kappa shape index (κ3) is 31.4. The first-order chi connectivity index (χ1) is 27.3. The van der Waals surface area contributed by atoms with Crippen LogP contribution in [0, 0.1) is 0 Å². The summed E-state index contributed by atoms with van der Waals surface area (Å²) in [7, 11) is 0. The second-order valence-corrected chi connectivity index (χ2v) is 16.3. The maximum absolute atomic E-state index is 10.5. The summed E-state index contributed by atoms with van der Waals surface area (Å²) in [5, 5.41) is 20.9. The summed E-state index contributed by atoms with van der Waals surface area (Å²) >= 11 is 0. The van der Waals surface area contributed by atoms with Gasteiger partial charge in [-0.15, -0.1) is 0 Å². The molecule has 0 saturated heterocycles. The van der Waals surface area contributed by atoms with Crippen LogP contribution in [0.5, 0.6) is 0 Å². The van der Waals surface area contributed by atoms with Crippen LogP contribution in [0.15, 0.2) is 61.7 Å². The van der Waals surface area contributed by atoms with Crippen LogP contribution >= 0.6 is 0 Å². The molecule has 0 aliphatic heterocycles. The van der Waals surface area contributed by atoms with Gasteiger partial charge in [0, 0.05) is 11.9 Å². The van der Waals surface area contributed by atoms with Crippen LogP contribution in [0.2, 0.25) is 0 Å². The van der Waals surface area contributed by atoms with Crippen molar-refractivity contribution in [2.45, 2.75) is 218 Å². The molecule has 0 aromatic heterocycles. The van der Waals surface area contributed by atoms with Gasteiger partial charge in [-0.05, 0) is 85.5 Å². The molecule has 2 rings (SSSR count). The largest absolute Gasteiger partial charge is 2.00 e. The summed E-state index contributed by atoms with van der Waals surface area (Å²) in [5.74, 6) is -0.536. The van der Waals surface area contributed by atoms with Gasteiger partial charge in [0.2, 0.25) is 0 Å². The van der Waals surface area contributed by atoms with Crippen molar-refractivity contribution in [3.8, 4) is 0 Å². The Hall–Kier alpha value is -2.22. The zero-order chi connectivity index (χ0) is 40.9. The van der Waals surface area contributed by atoms with Gasteiger partial charge >= 0.3 is 27.3 Å². The van der Waals surface area contributed by atoms with E-state index in [9.17, 15) is 19.8 Å². The molecular weight excluding hydrogens is 801 g/mol. The van der Waals surface area contributed by atoms with Gasteiger partial charge in [0.1, 0.15) is 0 Å². The van der Waals surface area contributed by atoms with Gasteiger partial charge in [-0.25, -0.2) is 0 Å². The van der Waals surface area contributed by atoms with Crippen molar-refractivity contribution in [1.82, 2.24) is 0 Å². The fourth-order valence-electron chi connectivity index (χ4n) is 7.84. The SMILES string of the molecule is C=Cc1ccc(C(CCCCCCCCC)CCCCCCCC(=O)[O-])cc1.C=Cc1ccc(C(CCCCCCCCC)CCCCCCCC(=O)[O-])cc1.[Cd+2]. The number of carbonyl (C=O) groups excluding carboxylic acids is 2. The zero-order valence-corrected chi connectivity index (χ0v) is 40.9. The first-order valence-corrected chi connectivity index (χ1v) is 23.2. The van der Waals surface area contributed by atoms with E-state index in [-0.39, 0.29) is 40.1 Å². The molecular formula is C52H82CdO4. The van der Waals surface area contributed by atoms with Gasteiger partial charge in [-0.2, -0.15) is 0 Å². The normalized spacial score (nSPS) is 11.8. The smallest absolute Gasteiger partial charge is 0.550 e. The van der Waals surface area contributed by atoms with E-state index in [0.717, 1.165) is 38.5 Å². The van der Waals surface area contributed by atoms with E-state index in [2.05, 4.69) is 75.5 Å². The molecule has 2 unspecified atom stereocenters. The summed E-state index contributed by atoms with van der Waals surface area (Å²) in [6.07, 6.45) is 39.0. The topological polar surface area (TPSA) is 80.3 Å². The summed E-state index contributed by atoms with van der Waals surface area (Å²) in [5.41, 5.74) is 5.31. The second kappa shape index (κ2) is 39.3. The molecule has 0 aliphatic carbocycles.